The van der Waals surface area contributed by atoms with E-state index in [1.165, 1.54) is 4.90 Å². The molecular formula is C19H22FN3O4. The maximum Gasteiger partial charge on any atom is 0.255 e. The predicted octanol–water partition coefficient (Wildman–Crippen LogP) is 0.856. The maximum absolute atomic E-state index is 15.3. The van der Waals surface area contributed by atoms with Gasteiger partial charge in [-0.3, -0.25) is 19.7 Å². The molecule has 1 atom stereocenters. The van der Waals surface area contributed by atoms with Gasteiger partial charge in [0.05, 0.1) is 23.9 Å². The predicted molar refractivity (Wildman–Crippen MR) is 94.6 cm³/mol. The monoisotopic (exact) mass is 375 g/mol. The van der Waals surface area contributed by atoms with E-state index >= 15 is 4.39 Å². The van der Waals surface area contributed by atoms with Gasteiger partial charge in [0.2, 0.25) is 11.8 Å². The Kier molecular flexibility index (Phi) is 4.38. The lowest BCUT2D eigenvalue weighted by Gasteiger charge is -2.32. The number of aryl methyl sites for hydroxylation is 1. The number of carbonyl (C=O) groups excluding carboxylic acids is 3. The third-order valence-electron chi connectivity index (χ3n) is 5.73. The summed E-state index contributed by atoms with van der Waals surface area (Å²) in [5.41, 5.74) is 1.74. The van der Waals surface area contributed by atoms with Gasteiger partial charge in [0, 0.05) is 25.1 Å². The molecule has 27 heavy (non-hydrogen) atoms. The summed E-state index contributed by atoms with van der Waals surface area (Å²) in [6.45, 7) is 2.91. The molecule has 7 nitrogen and oxygen atoms in total. The Hall–Kier alpha value is -2.48. The Morgan fingerprint density at radius 2 is 1.89 bits per heavy atom. The van der Waals surface area contributed by atoms with Crippen LogP contribution in [0.1, 0.15) is 47.2 Å². The molecule has 0 radical (unpaired) electrons. The van der Waals surface area contributed by atoms with Crippen LogP contribution >= 0.6 is 0 Å². The maximum atomic E-state index is 15.3. The highest BCUT2D eigenvalue weighted by molar-refractivity contribution is 6.06. The summed E-state index contributed by atoms with van der Waals surface area (Å²) in [5.74, 6) is -1.65. The number of halogens is 1. The molecular weight excluding hydrogens is 353 g/mol. The second-order valence-corrected chi connectivity index (χ2v) is 7.50. The Balaban J connectivity index is 1.65. The zero-order chi connectivity index (χ0) is 19.3. The van der Waals surface area contributed by atoms with E-state index < -0.39 is 17.8 Å². The van der Waals surface area contributed by atoms with Gasteiger partial charge in [-0.15, -0.1) is 0 Å². The van der Waals surface area contributed by atoms with E-state index in [2.05, 4.69) is 5.32 Å². The molecule has 3 amide bonds. The number of nitrogens with zero attached hydrogens (tertiary/aromatic N) is 2. The number of anilines is 1. The summed E-state index contributed by atoms with van der Waals surface area (Å²) >= 11 is 0. The second-order valence-electron chi connectivity index (χ2n) is 7.50. The minimum Gasteiger partial charge on any atom is -0.393 e. The van der Waals surface area contributed by atoms with E-state index in [-0.39, 0.29) is 37.3 Å². The minimum absolute atomic E-state index is 0.0252. The van der Waals surface area contributed by atoms with Crippen LogP contribution in [0.2, 0.25) is 0 Å². The summed E-state index contributed by atoms with van der Waals surface area (Å²) in [6, 6.07) is 0.924. The van der Waals surface area contributed by atoms with Crippen LogP contribution in [0.3, 0.4) is 0 Å². The van der Waals surface area contributed by atoms with Crippen LogP contribution in [0.5, 0.6) is 0 Å². The van der Waals surface area contributed by atoms with E-state index in [0.29, 0.717) is 48.3 Å². The average molecular weight is 375 g/mol. The molecule has 1 unspecified atom stereocenters. The molecule has 8 heteroatoms. The van der Waals surface area contributed by atoms with Crippen molar-refractivity contribution >= 4 is 23.4 Å². The van der Waals surface area contributed by atoms with Crippen molar-refractivity contribution in [2.75, 3.05) is 18.0 Å². The number of amides is 3. The van der Waals surface area contributed by atoms with E-state index in [1.54, 1.807) is 13.0 Å². The van der Waals surface area contributed by atoms with Crippen LogP contribution < -0.4 is 10.2 Å². The number of hydrogen-bond donors (Lipinski definition) is 2. The van der Waals surface area contributed by atoms with E-state index in [1.807, 2.05) is 4.90 Å². The largest absolute Gasteiger partial charge is 0.393 e. The normalized spacial score (nSPS) is 23.7. The van der Waals surface area contributed by atoms with Gasteiger partial charge in [-0.2, -0.15) is 0 Å². The lowest BCUT2D eigenvalue weighted by atomic mass is 10.00. The van der Waals surface area contributed by atoms with E-state index in [0.717, 1.165) is 0 Å². The van der Waals surface area contributed by atoms with Gasteiger partial charge in [-0.1, -0.05) is 0 Å². The first-order valence-corrected chi connectivity index (χ1v) is 9.26. The third kappa shape index (κ3) is 2.97. The zero-order valence-electron chi connectivity index (χ0n) is 15.1. The van der Waals surface area contributed by atoms with Crippen molar-refractivity contribution in [3.05, 3.63) is 28.6 Å². The van der Waals surface area contributed by atoms with Crippen LogP contribution in [0.15, 0.2) is 6.07 Å². The fraction of sp³-hybridized carbons (Fsp3) is 0.526. The van der Waals surface area contributed by atoms with Crippen molar-refractivity contribution in [1.82, 2.24) is 10.2 Å². The van der Waals surface area contributed by atoms with Crippen molar-refractivity contribution in [2.24, 2.45) is 0 Å². The number of aliphatic hydroxyl groups excluding tert-OH is 1. The molecule has 1 aromatic rings. The smallest absolute Gasteiger partial charge is 0.255 e. The third-order valence-corrected chi connectivity index (χ3v) is 5.73. The fourth-order valence-electron chi connectivity index (χ4n) is 4.24. The molecule has 2 N–H and O–H groups in total. The molecule has 0 aliphatic carbocycles. The lowest BCUT2D eigenvalue weighted by molar-refractivity contribution is -0.136. The molecule has 0 spiro atoms. The Labute approximate surface area is 156 Å². The van der Waals surface area contributed by atoms with Crippen molar-refractivity contribution in [3.8, 4) is 0 Å². The molecule has 0 aromatic heterocycles. The van der Waals surface area contributed by atoms with Crippen LogP contribution in [0.4, 0.5) is 10.1 Å². The topological polar surface area (TPSA) is 89.9 Å². The van der Waals surface area contributed by atoms with Gasteiger partial charge in [-0.25, -0.2) is 4.39 Å². The first-order valence-electron chi connectivity index (χ1n) is 9.26. The number of carbonyl (C=O) groups is 3. The Bertz CT molecular complexity index is 833. The van der Waals surface area contributed by atoms with Crippen molar-refractivity contribution < 1.29 is 23.9 Å². The van der Waals surface area contributed by atoms with Crippen LogP contribution in [-0.4, -0.2) is 53.0 Å². The van der Waals surface area contributed by atoms with Crippen LogP contribution in [0, 0.1) is 12.7 Å². The zero-order valence-corrected chi connectivity index (χ0v) is 15.1. The van der Waals surface area contributed by atoms with E-state index in [4.69, 9.17) is 0 Å². The highest BCUT2D eigenvalue weighted by Crippen LogP contribution is 2.36. The molecule has 144 valence electrons. The molecule has 1 aromatic carbocycles. The van der Waals surface area contributed by atoms with Crippen molar-refractivity contribution in [3.63, 3.8) is 0 Å². The number of benzene rings is 1. The number of fused-ring (bicyclic) bond motifs is 1. The molecule has 3 heterocycles. The van der Waals surface area contributed by atoms with Crippen LogP contribution in [0.25, 0.3) is 0 Å². The van der Waals surface area contributed by atoms with Gasteiger partial charge < -0.3 is 14.9 Å². The molecule has 4 rings (SSSR count). The molecule has 3 aliphatic rings. The van der Waals surface area contributed by atoms with Gasteiger partial charge in [0.15, 0.2) is 5.82 Å². The highest BCUT2D eigenvalue weighted by atomic mass is 19.1. The van der Waals surface area contributed by atoms with Crippen LogP contribution in [-0.2, 0) is 16.1 Å². The molecule has 2 saturated heterocycles. The highest BCUT2D eigenvalue weighted by Gasteiger charge is 2.41. The lowest BCUT2D eigenvalue weighted by Crippen LogP contribution is -2.52. The first-order chi connectivity index (χ1) is 12.9. The van der Waals surface area contributed by atoms with E-state index in [9.17, 15) is 19.5 Å². The number of rotatable bonds is 2. The summed E-state index contributed by atoms with van der Waals surface area (Å²) in [5, 5.41) is 11.9. The summed E-state index contributed by atoms with van der Waals surface area (Å²) in [6.07, 6.45) is 1.22. The quantitative estimate of drug-likeness (QED) is 0.749. The SMILES string of the molecule is Cc1cc(N2CCC(O)CC2)c(F)c2c1C(=O)N(C1CCC(=O)NC1=O)C2. The second kappa shape index (κ2) is 6.60. The standard InChI is InChI=1S/C19H22FN3O4/c1-10-8-14(22-6-4-11(24)5-7-22)17(20)12-9-23(19(27)16(10)12)13-2-3-15(25)21-18(13)26/h8,11,13,24H,2-7,9H2,1H3,(H,21,25,26). The molecule has 2 fully saturated rings. The Morgan fingerprint density at radius 3 is 2.56 bits per heavy atom. The average Bonchev–Trinajstić information content (AvgIpc) is 2.97. The summed E-state index contributed by atoms with van der Waals surface area (Å²) in [4.78, 5) is 39.7. The van der Waals surface area contributed by atoms with Gasteiger partial charge in [-0.05, 0) is 37.8 Å². The summed E-state index contributed by atoms with van der Waals surface area (Å²) < 4.78 is 15.3. The van der Waals surface area contributed by atoms with Gasteiger partial charge in [0.1, 0.15) is 6.04 Å². The number of piperidine rings is 2. The van der Waals surface area contributed by atoms with Crippen molar-refractivity contribution in [1.29, 1.82) is 0 Å². The first kappa shape index (κ1) is 17.9. The molecule has 0 saturated carbocycles. The van der Waals surface area contributed by atoms with Crippen molar-refractivity contribution in [2.45, 2.75) is 51.3 Å². The molecule has 0 bridgehead atoms. The Morgan fingerprint density at radius 1 is 1.19 bits per heavy atom. The van der Waals surface area contributed by atoms with Gasteiger partial charge in [0.25, 0.3) is 5.91 Å². The minimum atomic E-state index is -0.755. The number of nitrogens with one attached hydrogen (secondary N) is 1. The molecule has 3 aliphatic heterocycles. The fourth-order valence-corrected chi connectivity index (χ4v) is 4.24. The number of imide groups is 1. The summed E-state index contributed by atoms with van der Waals surface area (Å²) in [7, 11) is 0. The van der Waals surface area contributed by atoms with Gasteiger partial charge >= 0.3 is 0 Å². The number of aliphatic hydroxyl groups is 1. The number of hydrogen-bond acceptors (Lipinski definition) is 5.